The fourth-order valence-corrected chi connectivity index (χ4v) is 4.26. The molecule has 1 amide bonds. The highest BCUT2D eigenvalue weighted by molar-refractivity contribution is 5.94. The number of aromatic nitrogens is 3. The van der Waals surface area contributed by atoms with Crippen molar-refractivity contribution >= 4 is 16.8 Å². The van der Waals surface area contributed by atoms with E-state index in [1.54, 1.807) is 19.2 Å². The standard InChI is InChI=1S/C14H17F2NO2.C13H10FN3O/c15-11-6-10(7-12(16)13(11)18)14(19)17-8-9-4-2-1-3-5-9;1-18-13-4-2-3-11(15-13)9-5-6-10-8-17(14)16-12(10)7-9/h6-7,9,18H,1-5,8H2,(H,17,19);2-8H,1H3. The number of methoxy groups -OCH3 is 1. The summed E-state index contributed by atoms with van der Waals surface area (Å²) in [6.45, 7) is 0.531. The molecule has 4 aromatic rings. The van der Waals surface area contributed by atoms with E-state index in [-0.39, 0.29) is 5.56 Å². The molecule has 2 N–H and O–H groups in total. The van der Waals surface area contributed by atoms with Crippen LogP contribution in [0.2, 0.25) is 0 Å². The highest BCUT2D eigenvalue weighted by Crippen LogP contribution is 2.25. The lowest BCUT2D eigenvalue weighted by molar-refractivity contribution is 0.0942. The van der Waals surface area contributed by atoms with Gasteiger partial charge in [0.25, 0.3) is 5.91 Å². The van der Waals surface area contributed by atoms with Crippen LogP contribution in [-0.2, 0) is 0 Å². The zero-order valence-electron chi connectivity index (χ0n) is 20.3. The molecule has 0 saturated heterocycles. The molecule has 0 unspecified atom stereocenters. The monoisotopic (exact) mass is 512 g/mol. The van der Waals surface area contributed by atoms with Crippen LogP contribution in [0.3, 0.4) is 0 Å². The number of rotatable bonds is 5. The van der Waals surface area contributed by atoms with Gasteiger partial charge in [-0.25, -0.2) is 13.8 Å². The lowest BCUT2D eigenvalue weighted by atomic mass is 9.89. The summed E-state index contributed by atoms with van der Waals surface area (Å²) in [5, 5.41) is 16.1. The number of hydrogen-bond acceptors (Lipinski definition) is 5. The van der Waals surface area contributed by atoms with E-state index in [0.717, 1.165) is 41.6 Å². The van der Waals surface area contributed by atoms with Crippen LogP contribution < -0.4 is 10.1 Å². The van der Waals surface area contributed by atoms with E-state index < -0.39 is 23.3 Å². The van der Waals surface area contributed by atoms with Crippen molar-refractivity contribution < 1.29 is 27.9 Å². The van der Waals surface area contributed by atoms with Crippen molar-refractivity contribution in [2.45, 2.75) is 32.1 Å². The SMILES string of the molecule is COc1cccc(-c2ccc3cn(F)nc3c2)n1.O=C(NCC1CCCCC1)c1cc(F)c(O)c(F)c1. The quantitative estimate of drug-likeness (QED) is 0.352. The predicted octanol–water partition coefficient (Wildman–Crippen LogP) is 5.82. The first kappa shape index (κ1) is 26.0. The maximum Gasteiger partial charge on any atom is 0.251 e. The van der Waals surface area contributed by atoms with Crippen molar-refractivity contribution in [3.63, 3.8) is 0 Å². The van der Waals surface area contributed by atoms with Crippen LogP contribution in [-0.4, -0.2) is 39.7 Å². The van der Waals surface area contributed by atoms with Crippen molar-refractivity contribution in [1.82, 2.24) is 20.3 Å². The molecular formula is C27H27F3N4O3. The van der Waals surface area contributed by atoms with E-state index in [4.69, 9.17) is 9.84 Å². The Bertz CT molecular complexity index is 1360. The second kappa shape index (κ2) is 11.8. The summed E-state index contributed by atoms with van der Waals surface area (Å²) in [5.74, 6) is -2.81. The first-order valence-electron chi connectivity index (χ1n) is 12.0. The molecule has 0 radical (unpaired) electrons. The molecule has 1 fully saturated rings. The molecule has 2 heterocycles. The fraction of sp³-hybridized carbons (Fsp3) is 0.296. The molecular weight excluding hydrogens is 485 g/mol. The number of phenols is 1. The van der Waals surface area contributed by atoms with Crippen molar-refractivity contribution in [2.75, 3.05) is 13.7 Å². The molecule has 2 aromatic heterocycles. The Morgan fingerprint density at radius 3 is 2.54 bits per heavy atom. The molecule has 194 valence electrons. The van der Waals surface area contributed by atoms with Crippen LogP contribution in [0.4, 0.5) is 13.3 Å². The Hall–Kier alpha value is -4.08. The van der Waals surface area contributed by atoms with Gasteiger partial charge >= 0.3 is 0 Å². The maximum atomic E-state index is 13.1. The molecule has 0 spiro atoms. The number of pyridine rings is 1. The van der Waals surface area contributed by atoms with Gasteiger partial charge in [-0.1, -0.05) is 41.9 Å². The van der Waals surface area contributed by atoms with Crippen LogP contribution in [0.15, 0.2) is 54.7 Å². The summed E-state index contributed by atoms with van der Waals surface area (Å²) in [7, 11) is 1.57. The number of benzene rings is 2. The number of phenolic OH excluding ortho intramolecular Hbond substituents is 1. The van der Waals surface area contributed by atoms with E-state index in [2.05, 4.69) is 15.4 Å². The molecule has 0 atom stereocenters. The third-order valence-corrected chi connectivity index (χ3v) is 6.26. The molecule has 1 aliphatic rings. The summed E-state index contributed by atoms with van der Waals surface area (Å²) >= 11 is 0. The molecule has 5 rings (SSSR count). The van der Waals surface area contributed by atoms with Crippen LogP contribution in [0.5, 0.6) is 11.6 Å². The first-order chi connectivity index (χ1) is 17.8. The smallest absolute Gasteiger partial charge is 0.251 e. The van der Waals surface area contributed by atoms with Crippen molar-refractivity contribution in [3.05, 3.63) is 71.9 Å². The van der Waals surface area contributed by atoms with Gasteiger partial charge in [0, 0.05) is 29.1 Å². The van der Waals surface area contributed by atoms with Gasteiger partial charge in [0.1, 0.15) is 0 Å². The number of ether oxygens (including phenoxy) is 1. The zero-order valence-corrected chi connectivity index (χ0v) is 20.3. The lowest BCUT2D eigenvalue weighted by Crippen LogP contribution is -2.30. The first-order valence-corrected chi connectivity index (χ1v) is 12.0. The number of halogens is 3. The second-order valence-corrected chi connectivity index (χ2v) is 8.86. The third-order valence-electron chi connectivity index (χ3n) is 6.26. The molecule has 7 nitrogen and oxygen atoms in total. The van der Waals surface area contributed by atoms with Crippen LogP contribution in [0, 0.1) is 17.6 Å². The highest BCUT2D eigenvalue weighted by Gasteiger charge is 2.17. The Kier molecular flexibility index (Phi) is 8.27. The van der Waals surface area contributed by atoms with Crippen LogP contribution in [0.1, 0.15) is 42.5 Å². The number of aromatic hydroxyl groups is 1. The third kappa shape index (κ3) is 6.58. The Morgan fingerprint density at radius 2 is 1.84 bits per heavy atom. The summed E-state index contributed by atoms with van der Waals surface area (Å²) in [6, 6.07) is 12.7. The van der Waals surface area contributed by atoms with Crippen LogP contribution >= 0.6 is 0 Å². The Labute approximate surface area is 211 Å². The van der Waals surface area contributed by atoms with Gasteiger partial charge in [0.15, 0.2) is 17.4 Å². The van der Waals surface area contributed by atoms with Crippen molar-refractivity contribution in [1.29, 1.82) is 0 Å². The van der Waals surface area contributed by atoms with Gasteiger partial charge in [-0.2, -0.15) is 0 Å². The van der Waals surface area contributed by atoms with Gasteiger partial charge < -0.3 is 15.2 Å². The van der Waals surface area contributed by atoms with E-state index in [0.29, 0.717) is 28.8 Å². The predicted molar refractivity (Wildman–Crippen MR) is 133 cm³/mol. The highest BCUT2D eigenvalue weighted by atomic mass is 19.2. The topological polar surface area (TPSA) is 89.3 Å². The fourth-order valence-electron chi connectivity index (χ4n) is 4.26. The van der Waals surface area contributed by atoms with Crippen molar-refractivity contribution in [2.24, 2.45) is 5.92 Å². The van der Waals surface area contributed by atoms with Gasteiger partial charge in [-0.05, 0) is 43.0 Å². The Balaban J connectivity index is 0.000000173. The van der Waals surface area contributed by atoms with E-state index in [1.807, 2.05) is 24.3 Å². The van der Waals surface area contributed by atoms with Crippen LogP contribution in [0.25, 0.3) is 22.2 Å². The number of nitrogens with zero attached hydrogens (tertiary/aromatic N) is 3. The molecule has 10 heteroatoms. The largest absolute Gasteiger partial charge is 0.503 e. The summed E-state index contributed by atoms with van der Waals surface area (Å²) in [6.07, 6.45) is 7.07. The average molecular weight is 513 g/mol. The van der Waals surface area contributed by atoms with E-state index in [1.165, 1.54) is 25.5 Å². The minimum Gasteiger partial charge on any atom is -0.503 e. The molecule has 1 aliphatic carbocycles. The summed E-state index contributed by atoms with van der Waals surface area (Å²) < 4.78 is 44.3. The molecule has 0 bridgehead atoms. The van der Waals surface area contributed by atoms with E-state index in [9.17, 15) is 18.1 Å². The van der Waals surface area contributed by atoms with Gasteiger partial charge in [-0.3, -0.25) is 4.79 Å². The normalized spacial score (nSPS) is 13.6. The number of hydrogen-bond donors (Lipinski definition) is 2. The minimum atomic E-state index is -1.12. The molecule has 1 saturated carbocycles. The number of carbonyl (C=O) groups excluding carboxylic acids is 1. The van der Waals surface area contributed by atoms with Crippen molar-refractivity contribution in [3.8, 4) is 22.9 Å². The maximum absolute atomic E-state index is 13.1. The zero-order chi connectivity index (χ0) is 26.4. The average Bonchev–Trinajstić information content (AvgIpc) is 3.30. The molecule has 37 heavy (non-hydrogen) atoms. The molecule has 0 aliphatic heterocycles. The minimum absolute atomic E-state index is 0.108. The van der Waals surface area contributed by atoms with Gasteiger partial charge in [0.05, 0.1) is 24.5 Å². The number of fused-ring (bicyclic) bond motifs is 1. The Morgan fingerprint density at radius 1 is 1.11 bits per heavy atom. The second-order valence-electron chi connectivity index (χ2n) is 8.86. The number of nitrogens with one attached hydrogen (secondary N) is 1. The van der Waals surface area contributed by atoms with Gasteiger partial charge in [-0.15, -0.1) is 10.0 Å². The van der Waals surface area contributed by atoms with Gasteiger partial charge in [0.2, 0.25) is 5.88 Å². The molecule has 2 aromatic carbocycles. The summed E-state index contributed by atoms with van der Waals surface area (Å²) in [4.78, 5) is 16.4. The number of carbonyl (C=O) groups is 1. The van der Waals surface area contributed by atoms with E-state index >= 15 is 0 Å². The number of amides is 1. The summed E-state index contributed by atoms with van der Waals surface area (Å²) in [5.41, 5.74) is 2.13. The lowest BCUT2D eigenvalue weighted by Gasteiger charge is -2.21.